The molecule has 1 saturated heterocycles. The molecule has 1 amide bonds. The highest BCUT2D eigenvalue weighted by Gasteiger charge is 2.43. The molecule has 1 spiro atoms. The zero-order chi connectivity index (χ0) is 14.4. The number of amidine groups is 1. The van der Waals surface area contributed by atoms with Crippen molar-refractivity contribution in [1.82, 2.24) is 4.90 Å². The Morgan fingerprint density at radius 1 is 1.29 bits per heavy atom. The van der Waals surface area contributed by atoms with E-state index in [1.54, 1.807) is 6.92 Å². The lowest BCUT2D eigenvalue weighted by Crippen LogP contribution is -2.45. The molecule has 3 aliphatic heterocycles. The predicted octanol–water partition coefficient (Wildman–Crippen LogP) is 1.81. The molecular formula is C16H18N2O3. The summed E-state index contributed by atoms with van der Waals surface area (Å²) in [5, 5.41) is 0. The highest BCUT2D eigenvalue weighted by atomic mass is 16.5. The highest BCUT2D eigenvalue weighted by molar-refractivity contribution is 5.98. The highest BCUT2D eigenvalue weighted by Crippen LogP contribution is 2.44. The Kier molecular flexibility index (Phi) is 2.79. The van der Waals surface area contributed by atoms with E-state index in [4.69, 9.17) is 9.47 Å². The number of carbonyl (C=O) groups excluding carboxylic acids is 1. The first-order chi connectivity index (χ1) is 10.2. The summed E-state index contributed by atoms with van der Waals surface area (Å²) in [7, 11) is 0. The monoisotopic (exact) mass is 286 g/mol. The van der Waals surface area contributed by atoms with Crippen LogP contribution in [0.15, 0.2) is 29.3 Å². The van der Waals surface area contributed by atoms with E-state index in [1.807, 2.05) is 0 Å². The molecule has 3 heterocycles. The van der Waals surface area contributed by atoms with Crippen molar-refractivity contribution < 1.29 is 14.3 Å². The predicted molar refractivity (Wildman–Crippen MR) is 76.7 cm³/mol. The number of rotatable bonds is 0. The summed E-state index contributed by atoms with van der Waals surface area (Å²) in [6.45, 7) is 4.03. The van der Waals surface area contributed by atoms with Crippen molar-refractivity contribution in [2.24, 2.45) is 4.99 Å². The van der Waals surface area contributed by atoms with Gasteiger partial charge in [-0.15, -0.1) is 0 Å². The molecule has 0 N–H and O–H groups in total. The summed E-state index contributed by atoms with van der Waals surface area (Å²) in [5.74, 6) is -0.187. The number of fused-ring (bicyclic) bond motifs is 2. The van der Waals surface area contributed by atoms with Crippen molar-refractivity contribution in [2.75, 3.05) is 13.1 Å². The first-order valence-corrected chi connectivity index (χ1v) is 7.44. The number of benzene rings is 1. The molecule has 4 rings (SSSR count). The van der Waals surface area contributed by atoms with Gasteiger partial charge in [-0.05, 0) is 30.9 Å². The van der Waals surface area contributed by atoms with Crippen LogP contribution in [0.25, 0.3) is 0 Å². The molecule has 5 nitrogen and oxygen atoms in total. The van der Waals surface area contributed by atoms with Crippen LogP contribution in [-0.2, 0) is 26.5 Å². The second-order valence-corrected chi connectivity index (χ2v) is 5.92. The van der Waals surface area contributed by atoms with Gasteiger partial charge in [0, 0.05) is 13.1 Å². The van der Waals surface area contributed by atoms with Crippen LogP contribution < -0.4 is 0 Å². The first kappa shape index (κ1) is 12.8. The van der Waals surface area contributed by atoms with Gasteiger partial charge in [0.2, 0.25) is 0 Å². The Hall–Kier alpha value is -1.88. The molecule has 1 aromatic rings. The molecule has 0 aliphatic carbocycles. The van der Waals surface area contributed by atoms with E-state index in [2.05, 4.69) is 34.2 Å². The topological polar surface area (TPSA) is 51.1 Å². The maximum absolute atomic E-state index is 11.5. The molecule has 1 atom stereocenters. The molecule has 110 valence electrons. The van der Waals surface area contributed by atoms with Crippen LogP contribution in [0.4, 0.5) is 0 Å². The summed E-state index contributed by atoms with van der Waals surface area (Å²) in [6.07, 6.45) is 1.35. The van der Waals surface area contributed by atoms with Crippen LogP contribution in [0.3, 0.4) is 0 Å². The third kappa shape index (κ3) is 1.95. The molecule has 1 aromatic carbocycles. The van der Waals surface area contributed by atoms with Gasteiger partial charge in [-0.3, -0.25) is 4.79 Å². The van der Waals surface area contributed by atoms with Crippen LogP contribution in [0, 0.1) is 0 Å². The van der Waals surface area contributed by atoms with Crippen LogP contribution in [-0.4, -0.2) is 36.0 Å². The molecule has 0 saturated carbocycles. The van der Waals surface area contributed by atoms with Gasteiger partial charge in [-0.2, -0.15) is 4.99 Å². The lowest BCUT2D eigenvalue weighted by atomic mass is 9.84. The minimum absolute atomic E-state index is 0.165. The third-order valence-electron chi connectivity index (χ3n) is 4.69. The Morgan fingerprint density at radius 3 is 2.76 bits per heavy atom. The quantitative estimate of drug-likeness (QED) is 0.730. The van der Waals surface area contributed by atoms with Crippen molar-refractivity contribution in [2.45, 2.75) is 38.1 Å². The Balaban J connectivity index is 1.51. The van der Waals surface area contributed by atoms with Gasteiger partial charge in [0.15, 0.2) is 6.10 Å². The number of hydrogen-bond acceptors (Lipinski definition) is 4. The summed E-state index contributed by atoms with van der Waals surface area (Å²) in [4.78, 5) is 17.5. The fourth-order valence-corrected chi connectivity index (χ4v) is 3.42. The number of likely N-dealkylation sites (tertiary alicyclic amines) is 1. The number of nitrogens with zero attached hydrogens (tertiary/aromatic N) is 2. The number of carbonyl (C=O) groups is 1. The largest absolute Gasteiger partial charge is 0.452 e. The Morgan fingerprint density at radius 2 is 2.05 bits per heavy atom. The molecule has 3 aliphatic rings. The fraction of sp³-hybridized carbons (Fsp3) is 0.500. The van der Waals surface area contributed by atoms with Crippen molar-refractivity contribution in [3.8, 4) is 0 Å². The van der Waals surface area contributed by atoms with Crippen molar-refractivity contribution in [1.29, 1.82) is 0 Å². The molecule has 21 heavy (non-hydrogen) atoms. The second kappa shape index (κ2) is 4.56. The van der Waals surface area contributed by atoms with E-state index in [0.29, 0.717) is 12.6 Å². The van der Waals surface area contributed by atoms with E-state index in [9.17, 15) is 4.79 Å². The number of amides is 1. The maximum Gasteiger partial charge on any atom is 0.296 e. The molecule has 1 fully saturated rings. The van der Waals surface area contributed by atoms with E-state index >= 15 is 0 Å². The summed E-state index contributed by atoms with van der Waals surface area (Å²) < 4.78 is 11.6. The number of hydrogen-bond donors (Lipinski definition) is 0. The number of piperidine rings is 1. The zero-order valence-electron chi connectivity index (χ0n) is 12.0. The third-order valence-corrected chi connectivity index (χ3v) is 4.69. The maximum atomic E-state index is 11.5. The van der Waals surface area contributed by atoms with E-state index in [1.165, 1.54) is 11.1 Å². The normalized spacial score (nSPS) is 26.7. The summed E-state index contributed by atoms with van der Waals surface area (Å²) in [5.41, 5.74) is 2.45. The van der Waals surface area contributed by atoms with Gasteiger partial charge < -0.3 is 14.4 Å². The Bertz CT molecular complexity index is 618. The number of ether oxygens (including phenoxy) is 2. The lowest BCUT2D eigenvalue weighted by Gasteiger charge is -2.39. The van der Waals surface area contributed by atoms with Crippen LogP contribution >= 0.6 is 0 Å². The van der Waals surface area contributed by atoms with Crippen molar-refractivity contribution >= 4 is 11.9 Å². The molecule has 1 unspecified atom stereocenters. The lowest BCUT2D eigenvalue weighted by molar-refractivity contribution is -0.122. The SMILES string of the molecule is CC1OC(N2CCC3(CC2)OCc2ccccc23)=NC1=O. The minimum Gasteiger partial charge on any atom is -0.452 e. The zero-order valence-corrected chi connectivity index (χ0v) is 12.0. The van der Waals surface area contributed by atoms with Gasteiger partial charge in [-0.25, -0.2) is 0 Å². The van der Waals surface area contributed by atoms with Crippen LogP contribution in [0.5, 0.6) is 0 Å². The van der Waals surface area contributed by atoms with Gasteiger partial charge in [0.1, 0.15) is 0 Å². The van der Waals surface area contributed by atoms with Crippen LogP contribution in [0.1, 0.15) is 30.9 Å². The summed E-state index contributed by atoms with van der Waals surface area (Å²) in [6, 6.07) is 8.93. The van der Waals surface area contributed by atoms with Gasteiger partial charge in [0.05, 0.1) is 12.2 Å². The smallest absolute Gasteiger partial charge is 0.296 e. The standard InChI is InChI=1S/C16H18N2O3/c1-11-14(19)17-15(21-11)18-8-6-16(7-9-18)13-5-3-2-4-12(13)10-20-16/h2-5,11H,6-10H2,1H3. The van der Waals surface area contributed by atoms with Gasteiger partial charge >= 0.3 is 0 Å². The summed E-state index contributed by atoms with van der Waals surface area (Å²) >= 11 is 0. The molecule has 0 aromatic heterocycles. The van der Waals surface area contributed by atoms with E-state index < -0.39 is 6.10 Å². The minimum atomic E-state index is -0.445. The van der Waals surface area contributed by atoms with Gasteiger partial charge in [0.25, 0.3) is 11.9 Å². The van der Waals surface area contributed by atoms with Crippen LogP contribution in [0.2, 0.25) is 0 Å². The van der Waals surface area contributed by atoms with Gasteiger partial charge in [-0.1, -0.05) is 24.3 Å². The number of aliphatic imine (C=N–C) groups is 1. The molecule has 0 bridgehead atoms. The first-order valence-electron chi connectivity index (χ1n) is 7.44. The molecular weight excluding hydrogens is 268 g/mol. The Labute approximate surface area is 123 Å². The molecule has 5 heteroatoms. The van der Waals surface area contributed by atoms with E-state index in [-0.39, 0.29) is 11.5 Å². The average Bonchev–Trinajstić information content (AvgIpc) is 3.03. The average molecular weight is 286 g/mol. The molecule has 0 radical (unpaired) electrons. The second-order valence-electron chi connectivity index (χ2n) is 5.92. The van der Waals surface area contributed by atoms with Crippen molar-refractivity contribution in [3.63, 3.8) is 0 Å². The van der Waals surface area contributed by atoms with Crippen molar-refractivity contribution in [3.05, 3.63) is 35.4 Å². The van der Waals surface area contributed by atoms with E-state index in [0.717, 1.165) is 25.9 Å². The fourth-order valence-electron chi connectivity index (χ4n) is 3.42.